The lowest BCUT2D eigenvalue weighted by atomic mass is 10.2. The molecule has 0 bridgehead atoms. The summed E-state index contributed by atoms with van der Waals surface area (Å²) in [6.07, 6.45) is 3.17. The molecule has 120 valence electrons. The van der Waals surface area contributed by atoms with E-state index in [9.17, 15) is 9.18 Å². The molecule has 1 saturated heterocycles. The van der Waals surface area contributed by atoms with Gasteiger partial charge in [0, 0.05) is 18.2 Å². The SMILES string of the molecule is O=C(Nc1ccc(F)c(-n2nnnc2C2CC2)c1)[C@@H]1CCCO1. The topological polar surface area (TPSA) is 81.9 Å². The van der Waals surface area contributed by atoms with E-state index in [1.165, 1.54) is 16.8 Å². The van der Waals surface area contributed by atoms with E-state index in [1.807, 2.05) is 0 Å². The monoisotopic (exact) mass is 317 g/mol. The van der Waals surface area contributed by atoms with Crippen LogP contribution >= 0.6 is 0 Å². The summed E-state index contributed by atoms with van der Waals surface area (Å²) in [5.74, 6) is 0.301. The number of anilines is 1. The number of nitrogens with one attached hydrogen (secondary N) is 1. The van der Waals surface area contributed by atoms with E-state index >= 15 is 0 Å². The molecule has 2 heterocycles. The number of rotatable bonds is 4. The van der Waals surface area contributed by atoms with Crippen LogP contribution in [0.2, 0.25) is 0 Å². The first-order valence-corrected chi connectivity index (χ1v) is 7.73. The molecule has 0 radical (unpaired) electrons. The fourth-order valence-electron chi connectivity index (χ4n) is 2.72. The maximum absolute atomic E-state index is 14.2. The molecule has 0 spiro atoms. The standard InChI is InChI=1S/C15H16FN5O2/c16-11-6-5-10(17-15(22)13-2-1-7-23-13)8-12(11)21-14(9-3-4-9)18-19-20-21/h5-6,8-9,13H,1-4,7H2,(H,17,22)/t13-/m0/s1. The minimum absolute atomic E-state index is 0.209. The van der Waals surface area contributed by atoms with Crippen molar-refractivity contribution in [1.29, 1.82) is 0 Å². The Labute approximate surface area is 131 Å². The molecule has 7 nitrogen and oxygen atoms in total. The predicted molar refractivity (Wildman–Crippen MR) is 78.7 cm³/mol. The molecule has 2 fully saturated rings. The molecule has 1 aliphatic carbocycles. The normalized spacial score (nSPS) is 20.7. The first-order valence-electron chi connectivity index (χ1n) is 7.73. The van der Waals surface area contributed by atoms with Gasteiger partial charge in [-0.1, -0.05) is 0 Å². The zero-order valence-corrected chi connectivity index (χ0v) is 12.4. The fourth-order valence-corrected chi connectivity index (χ4v) is 2.72. The second kappa shape index (κ2) is 5.69. The minimum atomic E-state index is -0.436. The molecule has 1 amide bonds. The summed E-state index contributed by atoms with van der Waals surface area (Å²) in [6, 6.07) is 4.37. The molecule has 2 aliphatic rings. The van der Waals surface area contributed by atoms with Gasteiger partial charge in [-0.3, -0.25) is 4.79 Å². The van der Waals surface area contributed by atoms with Gasteiger partial charge in [0.2, 0.25) is 0 Å². The molecule has 1 saturated carbocycles. The molecule has 1 aliphatic heterocycles. The number of amides is 1. The van der Waals surface area contributed by atoms with E-state index in [1.54, 1.807) is 6.07 Å². The molecule has 23 heavy (non-hydrogen) atoms. The van der Waals surface area contributed by atoms with Crippen molar-refractivity contribution in [3.05, 3.63) is 29.8 Å². The van der Waals surface area contributed by atoms with Crippen LogP contribution in [0, 0.1) is 5.82 Å². The lowest BCUT2D eigenvalue weighted by Crippen LogP contribution is -2.26. The van der Waals surface area contributed by atoms with Gasteiger partial charge in [-0.2, -0.15) is 4.68 Å². The molecule has 2 aromatic rings. The van der Waals surface area contributed by atoms with Crippen LogP contribution in [0.3, 0.4) is 0 Å². The molecule has 1 N–H and O–H groups in total. The largest absolute Gasteiger partial charge is 0.368 e. The van der Waals surface area contributed by atoms with Gasteiger partial charge < -0.3 is 10.1 Å². The molecule has 4 rings (SSSR count). The number of benzene rings is 1. The average molecular weight is 317 g/mol. The van der Waals surface area contributed by atoms with Crippen LogP contribution in [-0.2, 0) is 9.53 Å². The van der Waals surface area contributed by atoms with Crippen molar-refractivity contribution < 1.29 is 13.9 Å². The van der Waals surface area contributed by atoms with Gasteiger partial charge in [0.05, 0.1) is 0 Å². The van der Waals surface area contributed by atoms with Gasteiger partial charge in [-0.15, -0.1) is 5.10 Å². The van der Waals surface area contributed by atoms with Crippen LogP contribution in [0.1, 0.15) is 37.4 Å². The van der Waals surface area contributed by atoms with Crippen LogP contribution in [0.25, 0.3) is 5.69 Å². The van der Waals surface area contributed by atoms with Gasteiger partial charge in [-0.05, 0) is 54.3 Å². The van der Waals surface area contributed by atoms with E-state index in [4.69, 9.17) is 4.74 Å². The van der Waals surface area contributed by atoms with E-state index in [0.717, 1.165) is 19.3 Å². The third-order valence-corrected chi connectivity index (χ3v) is 4.10. The Bertz CT molecular complexity index is 737. The first-order chi connectivity index (χ1) is 11.2. The average Bonchev–Trinajstić information content (AvgIpc) is 3.04. The van der Waals surface area contributed by atoms with Gasteiger partial charge in [0.1, 0.15) is 17.6 Å². The van der Waals surface area contributed by atoms with Crippen molar-refractivity contribution in [3.63, 3.8) is 0 Å². The quantitative estimate of drug-likeness (QED) is 0.930. The summed E-state index contributed by atoms with van der Waals surface area (Å²) in [7, 11) is 0. The second-order valence-corrected chi connectivity index (χ2v) is 5.88. The summed E-state index contributed by atoms with van der Waals surface area (Å²) < 4.78 is 20.9. The number of hydrogen-bond donors (Lipinski definition) is 1. The molecule has 1 atom stereocenters. The molecular weight excluding hydrogens is 301 g/mol. The molecule has 8 heteroatoms. The van der Waals surface area contributed by atoms with Gasteiger partial charge in [0.15, 0.2) is 5.82 Å². The van der Waals surface area contributed by atoms with Gasteiger partial charge >= 0.3 is 0 Å². The van der Waals surface area contributed by atoms with Crippen LogP contribution in [0.4, 0.5) is 10.1 Å². The Morgan fingerprint density at radius 2 is 2.22 bits per heavy atom. The summed E-state index contributed by atoms with van der Waals surface area (Å²) in [5.41, 5.74) is 0.737. The molecule has 0 unspecified atom stereocenters. The molecule has 1 aromatic carbocycles. The van der Waals surface area contributed by atoms with Crippen molar-refractivity contribution in [2.24, 2.45) is 0 Å². The van der Waals surface area contributed by atoms with Gasteiger partial charge in [0.25, 0.3) is 5.91 Å². The summed E-state index contributed by atoms with van der Waals surface area (Å²) in [6.45, 7) is 0.599. The van der Waals surface area contributed by atoms with E-state index in [-0.39, 0.29) is 17.5 Å². The smallest absolute Gasteiger partial charge is 0.253 e. The number of tetrazole rings is 1. The second-order valence-electron chi connectivity index (χ2n) is 5.88. The summed E-state index contributed by atoms with van der Waals surface area (Å²) in [5, 5.41) is 14.3. The Morgan fingerprint density at radius 1 is 1.35 bits per heavy atom. The first kappa shape index (κ1) is 14.3. The Balaban J connectivity index is 1.60. The maximum atomic E-state index is 14.2. The van der Waals surface area contributed by atoms with E-state index in [2.05, 4.69) is 20.8 Å². The Morgan fingerprint density at radius 3 is 2.96 bits per heavy atom. The highest BCUT2D eigenvalue weighted by Gasteiger charge is 2.31. The van der Waals surface area contributed by atoms with E-state index in [0.29, 0.717) is 24.5 Å². The van der Waals surface area contributed by atoms with Crippen molar-refractivity contribution in [1.82, 2.24) is 20.2 Å². The summed E-state index contributed by atoms with van der Waals surface area (Å²) >= 11 is 0. The number of nitrogens with zero attached hydrogens (tertiary/aromatic N) is 4. The maximum Gasteiger partial charge on any atom is 0.253 e. The van der Waals surface area contributed by atoms with Crippen LogP contribution in [-0.4, -0.2) is 38.8 Å². The molecule has 1 aromatic heterocycles. The number of carbonyl (C=O) groups excluding carboxylic acids is 1. The predicted octanol–water partition coefficient (Wildman–Crippen LogP) is 1.80. The van der Waals surface area contributed by atoms with Crippen LogP contribution in [0.15, 0.2) is 18.2 Å². The van der Waals surface area contributed by atoms with Crippen molar-refractivity contribution in [2.75, 3.05) is 11.9 Å². The number of halogens is 1. The van der Waals surface area contributed by atoms with Crippen LogP contribution in [0.5, 0.6) is 0 Å². The lowest BCUT2D eigenvalue weighted by molar-refractivity contribution is -0.124. The number of carbonyl (C=O) groups is 1. The lowest BCUT2D eigenvalue weighted by Gasteiger charge is -2.12. The van der Waals surface area contributed by atoms with Crippen molar-refractivity contribution >= 4 is 11.6 Å². The zero-order valence-electron chi connectivity index (χ0n) is 12.4. The van der Waals surface area contributed by atoms with Crippen LogP contribution < -0.4 is 5.32 Å². The highest BCUT2D eigenvalue weighted by molar-refractivity contribution is 5.94. The fraction of sp³-hybridized carbons (Fsp3) is 0.467. The number of hydrogen-bond acceptors (Lipinski definition) is 5. The third kappa shape index (κ3) is 2.81. The highest BCUT2D eigenvalue weighted by Crippen LogP contribution is 2.39. The van der Waals surface area contributed by atoms with Gasteiger partial charge in [-0.25, -0.2) is 4.39 Å². The van der Waals surface area contributed by atoms with Crippen molar-refractivity contribution in [3.8, 4) is 5.69 Å². The zero-order chi connectivity index (χ0) is 15.8. The highest BCUT2D eigenvalue weighted by atomic mass is 19.1. The Hall–Kier alpha value is -2.35. The van der Waals surface area contributed by atoms with E-state index < -0.39 is 11.9 Å². The Kier molecular flexibility index (Phi) is 3.53. The number of ether oxygens (including phenoxy) is 1. The number of aromatic nitrogens is 4. The minimum Gasteiger partial charge on any atom is -0.368 e. The van der Waals surface area contributed by atoms with Crippen molar-refractivity contribution in [2.45, 2.75) is 37.7 Å². The third-order valence-electron chi connectivity index (χ3n) is 4.10. The molecular formula is C15H16FN5O2. The summed E-state index contributed by atoms with van der Waals surface area (Å²) in [4.78, 5) is 12.1.